The van der Waals surface area contributed by atoms with Crippen LogP contribution < -0.4 is 10.6 Å². The molecule has 0 bridgehead atoms. The molecular formula is C15H20BrN3O2S. The Morgan fingerprint density at radius 3 is 2.91 bits per heavy atom. The van der Waals surface area contributed by atoms with Crippen LogP contribution in [0.15, 0.2) is 43.7 Å². The van der Waals surface area contributed by atoms with Gasteiger partial charge in [-0.25, -0.2) is 4.99 Å². The Labute approximate surface area is 142 Å². The van der Waals surface area contributed by atoms with Crippen molar-refractivity contribution in [3.05, 3.63) is 45.0 Å². The topological polar surface area (TPSA) is 69.8 Å². The molecule has 0 aliphatic carbocycles. The van der Waals surface area contributed by atoms with Crippen molar-refractivity contribution in [2.24, 2.45) is 4.99 Å². The maximum Gasteiger partial charge on any atom is 0.191 e. The second-order valence-electron chi connectivity index (χ2n) is 5.03. The highest BCUT2D eigenvalue weighted by molar-refractivity contribution is 9.10. The summed E-state index contributed by atoms with van der Waals surface area (Å²) in [6.07, 6.45) is 1.55. The Balaban J connectivity index is 1.96. The lowest BCUT2D eigenvalue weighted by Gasteiger charge is -2.22. The molecule has 2 heterocycles. The molecule has 5 nitrogen and oxygen atoms in total. The van der Waals surface area contributed by atoms with E-state index in [-0.39, 0.29) is 0 Å². The third-order valence-electron chi connectivity index (χ3n) is 3.01. The summed E-state index contributed by atoms with van der Waals surface area (Å²) in [5.74, 6) is 1.19. The first-order valence-electron chi connectivity index (χ1n) is 7.02. The first-order valence-corrected chi connectivity index (χ1v) is 8.70. The lowest BCUT2D eigenvalue weighted by atomic mass is 10.0. The van der Waals surface area contributed by atoms with Crippen molar-refractivity contribution in [1.29, 1.82) is 0 Å². The van der Waals surface area contributed by atoms with Crippen LogP contribution in [0.2, 0.25) is 0 Å². The third kappa shape index (κ3) is 4.86. The Bertz CT molecular complexity index is 608. The molecule has 2 aromatic rings. The number of furan rings is 1. The average molecular weight is 386 g/mol. The van der Waals surface area contributed by atoms with Gasteiger partial charge in [0.2, 0.25) is 0 Å². The fourth-order valence-electron chi connectivity index (χ4n) is 1.86. The number of halogens is 1. The van der Waals surface area contributed by atoms with E-state index in [4.69, 9.17) is 4.42 Å². The minimum Gasteiger partial charge on any atom is -0.466 e. The van der Waals surface area contributed by atoms with Gasteiger partial charge < -0.3 is 20.2 Å². The molecule has 0 aliphatic rings. The van der Waals surface area contributed by atoms with Crippen LogP contribution in [0.5, 0.6) is 0 Å². The van der Waals surface area contributed by atoms with Crippen molar-refractivity contribution in [3.8, 4) is 0 Å². The molecule has 22 heavy (non-hydrogen) atoms. The smallest absolute Gasteiger partial charge is 0.191 e. The van der Waals surface area contributed by atoms with Gasteiger partial charge in [-0.3, -0.25) is 0 Å². The molecule has 0 saturated heterocycles. The number of rotatable bonds is 6. The van der Waals surface area contributed by atoms with E-state index in [9.17, 15) is 5.11 Å². The fourth-order valence-corrected chi connectivity index (χ4v) is 3.24. The minimum atomic E-state index is -1.09. The fraction of sp³-hybridized carbons (Fsp3) is 0.400. The van der Waals surface area contributed by atoms with Gasteiger partial charge in [0.15, 0.2) is 5.96 Å². The molecule has 1 unspecified atom stereocenters. The summed E-state index contributed by atoms with van der Waals surface area (Å²) >= 11 is 5.09. The number of thiophene rings is 1. The molecule has 1 atom stereocenters. The summed E-state index contributed by atoms with van der Waals surface area (Å²) in [7, 11) is 0. The maximum absolute atomic E-state index is 10.4. The molecule has 7 heteroatoms. The molecule has 0 aromatic carbocycles. The second-order valence-corrected chi connectivity index (χ2v) is 6.94. The first kappa shape index (κ1) is 17.1. The predicted octanol–water partition coefficient (Wildman–Crippen LogP) is 3.07. The molecule has 0 radical (unpaired) electrons. The summed E-state index contributed by atoms with van der Waals surface area (Å²) in [4.78, 5) is 5.69. The molecule has 0 fully saturated rings. The molecule has 0 saturated carbocycles. The number of nitrogens with zero attached hydrogens (tertiary/aromatic N) is 1. The van der Waals surface area contributed by atoms with Crippen LogP contribution in [0, 0.1) is 0 Å². The van der Waals surface area contributed by atoms with Crippen LogP contribution in [0.25, 0.3) is 0 Å². The Morgan fingerprint density at radius 1 is 1.50 bits per heavy atom. The van der Waals surface area contributed by atoms with Gasteiger partial charge >= 0.3 is 0 Å². The zero-order valence-corrected chi connectivity index (χ0v) is 15.0. The summed E-state index contributed by atoms with van der Waals surface area (Å²) in [6.45, 7) is 5.36. The van der Waals surface area contributed by atoms with Crippen LogP contribution in [-0.4, -0.2) is 24.2 Å². The predicted molar refractivity (Wildman–Crippen MR) is 93.1 cm³/mol. The van der Waals surface area contributed by atoms with E-state index < -0.39 is 5.60 Å². The van der Waals surface area contributed by atoms with E-state index in [1.54, 1.807) is 36.7 Å². The van der Waals surface area contributed by atoms with Crippen LogP contribution in [0.1, 0.15) is 24.5 Å². The van der Waals surface area contributed by atoms with Gasteiger partial charge in [0.25, 0.3) is 0 Å². The number of hydrogen-bond donors (Lipinski definition) is 3. The lowest BCUT2D eigenvalue weighted by molar-refractivity contribution is 0.0386. The standard InChI is InChI=1S/C15H20BrN3O2S/c1-3-17-14(18-8-12-7-11(16)9-22-12)19-10-15(2,20)13-5-4-6-21-13/h4-7,9,20H,3,8,10H2,1-2H3,(H2,17,18,19). The van der Waals surface area contributed by atoms with Crippen molar-refractivity contribution >= 4 is 33.2 Å². The van der Waals surface area contributed by atoms with E-state index in [0.29, 0.717) is 24.8 Å². The van der Waals surface area contributed by atoms with E-state index in [2.05, 4.69) is 37.6 Å². The summed E-state index contributed by atoms with van der Waals surface area (Å²) in [6, 6.07) is 5.57. The van der Waals surface area contributed by atoms with Gasteiger partial charge in [-0.15, -0.1) is 11.3 Å². The van der Waals surface area contributed by atoms with Gasteiger partial charge in [-0.1, -0.05) is 0 Å². The highest BCUT2D eigenvalue weighted by atomic mass is 79.9. The van der Waals surface area contributed by atoms with Gasteiger partial charge in [-0.05, 0) is 48.0 Å². The maximum atomic E-state index is 10.4. The van der Waals surface area contributed by atoms with Gasteiger partial charge in [0, 0.05) is 21.3 Å². The number of guanidine groups is 1. The average Bonchev–Trinajstić information content (AvgIpc) is 3.13. The van der Waals surface area contributed by atoms with Crippen molar-refractivity contribution in [1.82, 2.24) is 10.6 Å². The molecule has 3 N–H and O–H groups in total. The zero-order valence-electron chi connectivity index (χ0n) is 12.6. The SMILES string of the molecule is CCNC(=NCc1cc(Br)cs1)NCC(C)(O)c1ccco1. The van der Waals surface area contributed by atoms with Crippen molar-refractivity contribution in [3.63, 3.8) is 0 Å². The zero-order chi connectivity index (χ0) is 16.0. The molecule has 0 aliphatic heterocycles. The Morgan fingerprint density at radius 2 is 2.32 bits per heavy atom. The monoisotopic (exact) mass is 385 g/mol. The molecular weight excluding hydrogens is 366 g/mol. The summed E-state index contributed by atoms with van der Waals surface area (Å²) < 4.78 is 6.34. The van der Waals surface area contributed by atoms with Gasteiger partial charge in [0.05, 0.1) is 19.4 Å². The van der Waals surface area contributed by atoms with Crippen LogP contribution in [0.4, 0.5) is 0 Å². The molecule has 2 rings (SSSR count). The third-order valence-corrected chi connectivity index (χ3v) is 4.69. The van der Waals surface area contributed by atoms with Crippen molar-refractivity contribution in [2.75, 3.05) is 13.1 Å². The number of hydrogen-bond acceptors (Lipinski definition) is 4. The van der Waals surface area contributed by atoms with Crippen LogP contribution in [0.3, 0.4) is 0 Å². The van der Waals surface area contributed by atoms with Gasteiger partial charge in [0.1, 0.15) is 11.4 Å². The number of aliphatic hydroxyl groups is 1. The first-order chi connectivity index (χ1) is 10.5. The van der Waals surface area contributed by atoms with Crippen LogP contribution >= 0.6 is 27.3 Å². The normalized spacial score (nSPS) is 14.6. The molecule has 120 valence electrons. The van der Waals surface area contributed by atoms with E-state index in [0.717, 1.165) is 11.0 Å². The van der Waals surface area contributed by atoms with Gasteiger partial charge in [-0.2, -0.15) is 0 Å². The largest absolute Gasteiger partial charge is 0.466 e. The minimum absolute atomic E-state index is 0.306. The van der Waals surface area contributed by atoms with E-state index in [1.165, 1.54) is 4.88 Å². The second kappa shape index (κ2) is 7.80. The van der Waals surface area contributed by atoms with E-state index in [1.807, 2.05) is 12.3 Å². The lowest BCUT2D eigenvalue weighted by Crippen LogP contribution is -2.44. The number of aliphatic imine (C=N–C) groups is 1. The number of nitrogens with one attached hydrogen (secondary N) is 2. The van der Waals surface area contributed by atoms with Crippen molar-refractivity contribution in [2.45, 2.75) is 26.0 Å². The summed E-state index contributed by atoms with van der Waals surface area (Å²) in [5.41, 5.74) is -1.09. The van der Waals surface area contributed by atoms with Crippen LogP contribution in [-0.2, 0) is 12.1 Å². The van der Waals surface area contributed by atoms with Crippen molar-refractivity contribution < 1.29 is 9.52 Å². The highest BCUT2D eigenvalue weighted by Gasteiger charge is 2.26. The Hall–Kier alpha value is -1.31. The highest BCUT2D eigenvalue weighted by Crippen LogP contribution is 2.21. The molecule has 0 spiro atoms. The Kier molecular flexibility index (Phi) is 6.05. The van der Waals surface area contributed by atoms with E-state index >= 15 is 0 Å². The quantitative estimate of drug-likeness (QED) is 0.527. The molecule has 2 aromatic heterocycles. The summed E-state index contributed by atoms with van der Waals surface area (Å²) in [5, 5.41) is 18.8. The molecule has 0 amide bonds.